The van der Waals surface area contributed by atoms with Crippen molar-refractivity contribution in [3.63, 3.8) is 0 Å². The molecule has 20 heavy (non-hydrogen) atoms. The van der Waals surface area contributed by atoms with Crippen LogP contribution in [0.4, 0.5) is 4.39 Å². The van der Waals surface area contributed by atoms with Gasteiger partial charge < -0.3 is 4.74 Å². The van der Waals surface area contributed by atoms with Crippen molar-refractivity contribution in [3.05, 3.63) is 29.6 Å². The van der Waals surface area contributed by atoms with Gasteiger partial charge in [-0.2, -0.15) is 4.99 Å². The highest BCUT2D eigenvalue weighted by Crippen LogP contribution is 2.48. The van der Waals surface area contributed by atoms with E-state index >= 15 is 0 Å². The Morgan fingerprint density at radius 2 is 2.15 bits per heavy atom. The second-order valence-electron chi connectivity index (χ2n) is 5.84. The zero-order chi connectivity index (χ0) is 14.0. The van der Waals surface area contributed by atoms with Crippen LogP contribution in [-0.4, -0.2) is 12.7 Å². The predicted octanol–water partition coefficient (Wildman–Crippen LogP) is 3.72. The molecule has 2 aliphatic carbocycles. The molecule has 2 fully saturated rings. The van der Waals surface area contributed by atoms with Gasteiger partial charge >= 0.3 is 0 Å². The number of nitrogens with zero attached hydrogens (tertiary/aromatic N) is 1. The van der Waals surface area contributed by atoms with E-state index in [-0.39, 0.29) is 5.82 Å². The molecule has 1 aromatic carbocycles. The third kappa shape index (κ3) is 2.36. The molecule has 3 nitrogen and oxygen atoms in total. The summed E-state index contributed by atoms with van der Waals surface area (Å²) in [6.07, 6.45) is 7.81. The molecular formula is C16H18FNO2. The smallest absolute Gasteiger partial charge is 0.235 e. The Kier molecular flexibility index (Phi) is 3.58. The number of halogens is 1. The maximum Gasteiger partial charge on any atom is 0.235 e. The van der Waals surface area contributed by atoms with Crippen molar-refractivity contribution in [1.82, 2.24) is 0 Å². The van der Waals surface area contributed by atoms with E-state index in [1.807, 2.05) is 0 Å². The molecule has 4 heteroatoms. The first kappa shape index (κ1) is 13.3. The van der Waals surface area contributed by atoms with Gasteiger partial charge in [-0.3, -0.25) is 0 Å². The molecule has 0 bridgehead atoms. The molecule has 0 aliphatic heterocycles. The number of isocyanates is 1. The van der Waals surface area contributed by atoms with Crippen LogP contribution < -0.4 is 4.74 Å². The van der Waals surface area contributed by atoms with Crippen molar-refractivity contribution in [2.75, 3.05) is 6.61 Å². The molecule has 0 unspecified atom stereocenters. The second-order valence-corrected chi connectivity index (χ2v) is 5.84. The Hall–Kier alpha value is -1.67. The van der Waals surface area contributed by atoms with E-state index in [1.54, 1.807) is 12.1 Å². The second kappa shape index (κ2) is 5.37. The number of aliphatic imine (C=N–C) groups is 1. The maximum atomic E-state index is 13.6. The molecule has 2 aliphatic rings. The molecule has 2 saturated carbocycles. The third-order valence-electron chi connectivity index (χ3n) is 4.58. The average Bonchev–Trinajstić information content (AvgIpc) is 2.33. The van der Waals surface area contributed by atoms with Crippen LogP contribution in [0.15, 0.2) is 23.2 Å². The van der Waals surface area contributed by atoms with Crippen molar-refractivity contribution in [1.29, 1.82) is 0 Å². The summed E-state index contributed by atoms with van der Waals surface area (Å²) in [7, 11) is 0. The summed E-state index contributed by atoms with van der Waals surface area (Å²) < 4.78 is 19.4. The summed E-state index contributed by atoms with van der Waals surface area (Å²) >= 11 is 0. The van der Waals surface area contributed by atoms with Gasteiger partial charge in [0, 0.05) is 5.56 Å². The molecule has 0 aromatic heterocycles. The minimum atomic E-state index is -0.612. The Morgan fingerprint density at radius 3 is 2.70 bits per heavy atom. The summed E-state index contributed by atoms with van der Waals surface area (Å²) in [6, 6.07) is 4.51. The zero-order valence-electron chi connectivity index (χ0n) is 11.4. The van der Waals surface area contributed by atoms with Gasteiger partial charge in [-0.05, 0) is 56.2 Å². The summed E-state index contributed by atoms with van der Waals surface area (Å²) in [5.74, 6) is 0.959. The molecular weight excluding hydrogens is 257 g/mol. The fourth-order valence-electron chi connectivity index (χ4n) is 2.90. The van der Waals surface area contributed by atoms with Crippen LogP contribution in [0.1, 0.15) is 44.1 Å². The fourth-order valence-corrected chi connectivity index (χ4v) is 2.90. The number of benzene rings is 1. The minimum Gasteiger partial charge on any atom is -0.493 e. The van der Waals surface area contributed by atoms with E-state index in [4.69, 9.17) is 4.74 Å². The Morgan fingerprint density at radius 1 is 1.35 bits per heavy atom. The lowest BCUT2D eigenvalue weighted by Gasteiger charge is -2.38. The Bertz CT molecular complexity index is 543. The van der Waals surface area contributed by atoms with Crippen LogP contribution >= 0.6 is 0 Å². The lowest BCUT2D eigenvalue weighted by molar-refractivity contribution is 0.171. The third-order valence-corrected chi connectivity index (χ3v) is 4.58. The normalized spacial score (nSPS) is 20.4. The van der Waals surface area contributed by atoms with Crippen LogP contribution in [-0.2, 0) is 10.3 Å². The van der Waals surface area contributed by atoms with Crippen molar-refractivity contribution in [2.24, 2.45) is 10.9 Å². The molecule has 1 aromatic rings. The number of hydrogen-bond donors (Lipinski definition) is 0. The van der Waals surface area contributed by atoms with Crippen LogP contribution in [0.5, 0.6) is 5.75 Å². The van der Waals surface area contributed by atoms with E-state index in [2.05, 4.69) is 4.99 Å². The fraction of sp³-hybridized carbons (Fsp3) is 0.562. The van der Waals surface area contributed by atoms with E-state index in [0.29, 0.717) is 23.8 Å². The van der Waals surface area contributed by atoms with Crippen LogP contribution in [0, 0.1) is 11.7 Å². The molecule has 3 rings (SSSR count). The topological polar surface area (TPSA) is 38.7 Å². The number of ether oxygens (including phenoxy) is 1. The molecule has 0 saturated heterocycles. The van der Waals surface area contributed by atoms with Crippen LogP contribution in [0.3, 0.4) is 0 Å². The SMILES string of the molecule is O=C=NC1(c2cc(F)ccc2OCC2CCC2)CCC1. The molecule has 0 N–H and O–H groups in total. The van der Waals surface area contributed by atoms with Crippen LogP contribution in [0.2, 0.25) is 0 Å². The highest BCUT2D eigenvalue weighted by atomic mass is 19.1. The first-order valence-electron chi connectivity index (χ1n) is 7.25. The first-order chi connectivity index (χ1) is 9.73. The standard InChI is InChI=1S/C16H18FNO2/c17-13-5-6-15(20-10-12-3-1-4-12)14(9-13)16(18-11-19)7-2-8-16/h5-6,9,12H,1-4,7-8,10H2. The number of rotatable bonds is 5. The summed E-state index contributed by atoms with van der Waals surface area (Å²) in [5.41, 5.74) is 0.0881. The highest BCUT2D eigenvalue weighted by Gasteiger charge is 2.41. The summed E-state index contributed by atoms with van der Waals surface area (Å²) in [5, 5.41) is 0. The number of hydrogen-bond acceptors (Lipinski definition) is 3. The average molecular weight is 275 g/mol. The molecule has 0 heterocycles. The van der Waals surface area contributed by atoms with E-state index in [0.717, 1.165) is 19.3 Å². The molecule has 0 spiro atoms. The minimum absolute atomic E-state index is 0.316. The largest absolute Gasteiger partial charge is 0.493 e. The summed E-state index contributed by atoms with van der Waals surface area (Å²) in [4.78, 5) is 14.6. The van der Waals surface area contributed by atoms with Crippen molar-refractivity contribution in [3.8, 4) is 5.75 Å². The molecule has 106 valence electrons. The van der Waals surface area contributed by atoms with Gasteiger partial charge in [-0.15, -0.1) is 0 Å². The Labute approximate surface area is 117 Å². The molecule has 0 amide bonds. The maximum absolute atomic E-state index is 13.6. The van der Waals surface area contributed by atoms with Gasteiger partial charge in [0.2, 0.25) is 6.08 Å². The lowest BCUT2D eigenvalue weighted by Crippen LogP contribution is -2.33. The number of carbonyl (C=O) groups excluding carboxylic acids is 1. The van der Waals surface area contributed by atoms with Crippen molar-refractivity contribution in [2.45, 2.75) is 44.1 Å². The van der Waals surface area contributed by atoms with Crippen molar-refractivity contribution < 1.29 is 13.9 Å². The van der Waals surface area contributed by atoms with E-state index < -0.39 is 5.54 Å². The highest BCUT2D eigenvalue weighted by molar-refractivity contribution is 5.45. The summed E-state index contributed by atoms with van der Waals surface area (Å²) in [6.45, 7) is 0.666. The van der Waals surface area contributed by atoms with Gasteiger partial charge in [0.05, 0.1) is 6.61 Å². The van der Waals surface area contributed by atoms with Gasteiger partial charge in [0.25, 0.3) is 0 Å². The first-order valence-corrected chi connectivity index (χ1v) is 7.25. The Balaban J connectivity index is 1.86. The van der Waals surface area contributed by atoms with Gasteiger partial charge in [-0.25, -0.2) is 9.18 Å². The molecule has 0 radical (unpaired) electrons. The predicted molar refractivity (Wildman–Crippen MR) is 72.9 cm³/mol. The van der Waals surface area contributed by atoms with Crippen molar-refractivity contribution >= 4 is 6.08 Å². The lowest BCUT2D eigenvalue weighted by atomic mass is 9.72. The quantitative estimate of drug-likeness (QED) is 0.607. The zero-order valence-corrected chi connectivity index (χ0v) is 11.4. The van der Waals surface area contributed by atoms with Gasteiger partial charge in [0.1, 0.15) is 17.1 Å². The van der Waals surface area contributed by atoms with E-state index in [9.17, 15) is 9.18 Å². The van der Waals surface area contributed by atoms with Crippen LogP contribution in [0.25, 0.3) is 0 Å². The van der Waals surface area contributed by atoms with Gasteiger partial charge in [0.15, 0.2) is 0 Å². The molecule has 0 atom stereocenters. The van der Waals surface area contributed by atoms with Gasteiger partial charge in [-0.1, -0.05) is 6.42 Å². The monoisotopic (exact) mass is 275 g/mol. The van der Waals surface area contributed by atoms with E-state index in [1.165, 1.54) is 31.4 Å².